The summed E-state index contributed by atoms with van der Waals surface area (Å²) in [6.45, 7) is 3.45. The van der Waals surface area contributed by atoms with Crippen molar-refractivity contribution in [1.29, 1.82) is 0 Å². The number of amides is 1. The number of hydrogen-bond acceptors (Lipinski definition) is 6. The molecule has 198 valence electrons. The molecule has 5 aromatic rings. The van der Waals surface area contributed by atoms with Gasteiger partial charge in [0.1, 0.15) is 29.2 Å². The maximum Gasteiger partial charge on any atom is 0.221 e. The highest BCUT2D eigenvalue weighted by Gasteiger charge is 2.20. The number of hydrogen-bond donors (Lipinski definition) is 1. The molecule has 0 radical (unpaired) electrons. The number of pyridine rings is 1. The summed E-state index contributed by atoms with van der Waals surface area (Å²) in [5, 5.41) is 11.5. The fourth-order valence-corrected chi connectivity index (χ4v) is 4.98. The Labute approximate surface area is 223 Å². The Hall–Kier alpha value is -4.51. The second kappa shape index (κ2) is 9.99. The summed E-state index contributed by atoms with van der Waals surface area (Å²) < 4.78 is 31.8. The molecule has 0 aliphatic carbocycles. The third-order valence-electron chi connectivity index (χ3n) is 7.01. The Balaban J connectivity index is 1.36. The van der Waals surface area contributed by atoms with Crippen LogP contribution in [0.15, 0.2) is 61.2 Å². The van der Waals surface area contributed by atoms with E-state index in [1.165, 1.54) is 19.1 Å². The van der Waals surface area contributed by atoms with Crippen LogP contribution < -0.4 is 5.32 Å². The summed E-state index contributed by atoms with van der Waals surface area (Å²) in [4.78, 5) is 23.3. The monoisotopic (exact) mass is 528 g/mol. The van der Waals surface area contributed by atoms with Crippen molar-refractivity contribution in [1.82, 2.24) is 34.4 Å². The number of aromatic nitrogens is 6. The van der Waals surface area contributed by atoms with E-state index in [1.807, 2.05) is 16.9 Å². The maximum absolute atomic E-state index is 14.6. The van der Waals surface area contributed by atoms with Crippen LogP contribution in [0.25, 0.3) is 39.2 Å². The number of imidazole rings is 1. The SMILES string of the molecule is CC(=O)Nc1cc(-c2ccc(F)cc2F)cc(-n2cnc3cc(-c4cn(C5CCN(C)CC5)nn4)cnc32)c1. The van der Waals surface area contributed by atoms with Gasteiger partial charge < -0.3 is 10.2 Å². The van der Waals surface area contributed by atoms with Crippen molar-refractivity contribution >= 4 is 22.8 Å². The van der Waals surface area contributed by atoms with Crippen molar-refractivity contribution < 1.29 is 13.6 Å². The summed E-state index contributed by atoms with van der Waals surface area (Å²) in [6, 6.07) is 10.8. The van der Waals surface area contributed by atoms with Crippen LogP contribution in [-0.2, 0) is 4.79 Å². The lowest BCUT2D eigenvalue weighted by Gasteiger charge is -2.28. The van der Waals surface area contributed by atoms with E-state index in [0.29, 0.717) is 34.1 Å². The molecule has 2 aromatic carbocycles. The molecule has 6 rings (SSSR count). The van der Waals surface area contributed by atoms with E-state index in [2.05, 4.69) is 37.5 Å². The molecule has 1 amide bonds. The Morgan fingerprint density at radius 2 is 1.85 bits per heavy atom. The molecule has 9 nitrogen and oxygen atoms in total. The van der Waals surface area contributed by atoms with Crippen molar-refractivity contribution in [3.8, 4) is 28.1 Å². The van der Waals surface area contributed by atoms with E-state index < -0.39 is 11.6 Å². The number of likely N-dealkylation sites (tertiary alicyclic amines) is 1. The van der Waals surface area contributed by atoms with Gasteiger partial charge in [0.2, 0.25) is 5.91 Å². The van der Waals surface area contributed by atoms with Gasteiger partial charge >= 0.3 is 0 Å². The minimum absolute atomic E-state index is 0.206. The van der Waals surface area contributed by atoms with Gasteiger partial charge in [0.15, 0.2) is 5.65 Å². The fraction of sp³-hybridized carbons (Fsp3) is 0.250. The van der Waals surface area contributed by atoms with Crippen molar-refractivity contribution in [2.45, 2.75) is 25.8 Å². The zero-order valence-corrected chi connectivity index (χ0v) is 21.5. The van der Waals surface area contributed by atoms with Crippen LogP contribution in [0, 0.1) is 11.6 Å². The number of carbonyl (C=O) groups is 1. The number of fused-ring (bicyclic) bond motifs is 1. The first-order valence-electron chi connectivity index (χ1n) is 12.7. The average molecular weight is 529 g/mol. The van der Waals surface area contributed by atoms with Gasteiger partial charge in [-0.25, -0.2) is 23.4 Å². The van der Waals surface area contributed by atoms with Crippen molar-refractivity contribution in [2.24, 2.45) is 0 Å². The maximum atomic E-state index is 14.6. The van der Waals surface area contributed by atoms with Crippen LogP contribution in [-0.4, -0.2) is 60.5 Å². The van der Waals surface area contributed by atoms with Crippen LogP contribution in [0.1, 0.15) is 25.8 Å². The normalized spacial score (nSPS) is 14.7. The molecule has 3 aromatic heterocycles. The molecular formula is C28H26F2N8O. The molecule has 0 saturated carbocycles. The zero-order valence-electron chi connectivity index (χ0n) is 21.5. The van der Waals surface area contributed by atoms with Gasteiger partial charge in [-0.3, -0.25) is 9.36 Å². The highest BCUT2D eigenvalue weighted by molar-refractivity contribution is 5.90. The van der Waals surface area contributed by atoms with E-state index in [-0.39, 0.29) is 11.5 Å². The van der Waals surface area contributed by atoms with E-state index in [0.717, 1.165) is 43.3 Å². The molecule has 0 atom stereocenters. The predicted octanol–water partition coefficient (Wildman–Crippen LogP) is 4.85. The van der Waals surface area contributed by atoms with E-state index >= 15 is 0 Å². The van der Waals surface area contributed by atoms with Gasteiger partial charge in [0.25, 0.3) is 0 Å². The average Bonchev–Trinajstić information content (AvgIpc) is 3.56. The number of benzene rings is 2. The first-order valence-corrected chi connectivity index (χ1v) is 12.7. The van der Waals surface area contributed by atoms with Gasteiger partial charge in [0, 0.05) is 36.0 Å². The number of anilines is 1. The molecule has 1 N–H and O–H groups in total. The molecule has 39 heavy (non-hydrogen) atoms. The number of piperidine rings is 1. The molecule has 1 aliphatic rings. The Kier molecular flexibility index (Phi) is 6.35. The van der Waals surface area contributed by atoms with Gasteiger partial charge in [-0.1, -0.05) is 5.21 Å². The second-order valence-corrected chi connectivity index (χ2v) is 9.87. The molecule has 1 fully saturated rings. The smallest absolute Gasteiger partial charge is 0.221 e. The summed E-state index contributed by atoms with van der Waals surface area (Å²) >= 11 is 0. The highest BCUT2D eigenvalue weighted by atomic mass is 19.1. The standard InChI is InChI=1S/C28H26F2N8O/c1-17(39)33-21-9-18(24-4-3-20(29)12-25(24)30)10-23(13-21)37-16-32-26-11-19(14-31-28(26)37)27-15-38(35-34-27)22-5-7-36(2)8-6-22/h3-4,9-16,22H,5-8H2,1-2H3,(H,33,39). The predicted molar refractivity (Wildman–Crippen MR) is 143 cm³/mol. The topological polar surface area (TPSA) is 93.8 Å². The quantitative estimate of drug-likeness (QED) is 0.351. The fourth-order valence-electron chi connectivity index (χ4n) is 4.98. The molecule has 11 heteroatoms. The second-order valence-electron chi connectivity index (χ2n) is 9.87. The molecule has 1 saturated heterocycles. The van der Waals surface area contributed by atoms with Crippen LogP contribution in [0.4, 0.5) is 14.5 Å². The van der Waals surface area contributed by atoms with E-state index in [1.54, 1.807) is 35.3 Å². The number of nitrogens with one attached hydrogen (secondary N) is 1. The number of halogens is 2. The first kappa shape index (κ1) is 24.8. The lowest BCUT2D eigenvalue weighted by molar-refractivity contribution is -0.114. The molecule has 0 unspecified atom stereocenters. The molecular weight excluding hydrogens is 502 g/mol. The summed E-state index contributed by atoms with van der Waals surface area (Å²) in [6.07, 6.45) is 7.36. The van der Waals surface area contributed by atoms with Gasteiger partial charge in [-0.2, -0.15) is 0 Å². The van der Waals surface area contributed by atoms with Gasteiger partial charge in [0.05, 0.1) is 17.9 Å². The van der Waals surface area contributed by atoms with Crippen molar-refractivity contribution in [3.63, 3.8) is 0 Å². The Morgan fingerprint density at radius 3 is 2.62 bits per heavy atom. The summed E-state index contributed by atoms with van der Waals surface area (Å²) in [5.74, 6) is -1.64. The zero-order chi connectivity index (χ0) is 27.1. The highest BCUT2D eigenvalue weighted by Crippen LogP contribution is 2.31. The van der Waals surface area contributed by atoms with Gasteiger partial charge in [-0.15, -0.1) is 5.10 Å². The van der Waals surface area contributed by atoms with Crippen LogP contribution in [0.2, 0.25) is 0 Å². The molecule has 4 heterocycles. The Morgan fingerprint density at radius 1 is 1.03 bits per heavy atom. The lowest BCUT2D eigenvalue weighted by atomic mass is 10.0. The third-order valence-corrected chi connectivity index (χ3v) is 7.01. The summed E-state index contributed by atoms with van der Waals surface area (Å²) in [5.41, 5.74) is 4.48. The van der Waals surface area contributed by atoms with E-state index in [9.17, 15) is 13.6 Å². The first-order chi connectivity index (χ1) is 18.8. The van der Waals surface area contributed by atoms with Crippen LogP contribution >= 0.6 is 0 Å². The largest absolute Gasteiger partial charge is 0.326 e. The third kappa shape index (κ3) is 5.00. The van der Waals surface area contributed by atoms with Crippen LogP contribution in [0.3, 0.4) is 0 Å². The number of nitrogens with zero attached hydrogens (tertiary/aromatic N) is 7. The lowest BCUT2D eigenvalue weighted by Crippen LogP contribution is -2.31. The minimum atomic E-state index is -0.701. The van der Waals surface area contributed by atoms with Gasteiger partial charge in [-0.05, 0) is 74.9 Å². The number of rotatable bonds is 5. The van der Waals surface area contributed by atoms with E-state index in [4.69, 9.17) is 0 Å². The van der Waals surface area contributed by atoms with Crippen LogP contribution in [0.5, 0.6) is 0 Å². The minimum Gasteiger partial charge on any atom is -0.326 e. The van der Waals surface area contributed by atoms with Crippen molar-refractivity contribution in [2.75, 3.05) is 25.5 Å². The summed E-state index contributed by atoms with van der Waals surface area (Å²) in [7, 11) is 2.13. The van der Waals surface area contributed by atoms with Crippen molar-refractivity contribution in [3.05, 3.63) is 72.8 Å². The molecule has 0 spiro atoms. The number of carbonyl (C=O) groups excluding carboxylic acids is 1. The molecule has 1 aliphatic heterocycles. The molecule has 0 bridgehead atoms. The Bertz CT molecular complexity index is 1690.